The molecule has 1 amide bonds. The second-order valence-corrected chi connectivity index (χ2v) is 8.13. The van der Waals surface area contributed by atoms with Crippen LogP contribution < -0.4 is 9.62 Å². The van der Waals surface area contributed by atoms with Crippen LogP contribution in [0.15, 0.2) is 48.5 Å². The zero-order chi connectivity index (χ0) is 19.3. The molecule has 0 saturated heterocycles. The molecule has 0 spiro atoms. The Morgan fingerprint density at radius 2 is 1.77 bits per heavy atom. The van der Waals surface area contributed by atoms with E-state index >= 15 is 0 Å². The average molecular weight is 371 g/mol. The monoisotopic (exact) mass is 371 g/mol. The molecule has 2 aromatic carbocycles. The van der Waals surface area contributed by atoms with E-state index in [1.807, 2.05) is 32.0 Å². The SMILES string of the molecule is CC(C)c1ccccc1N(CC(=O)Nc1ccc(C#N)cc1)S(C)(=O)=O. The lowest BCUT2D eigenvalue weighted by atomic mass is 10.0. The van der Waals surface area contributed by atoms with E-state index in [0.29, 0.717) is 16.9 Å². The fourth-order valence-electron chi connectivity index (χ4n) is 2.54. The van der Waals surface area contributed by atoms with E-state index in [4.69, 9.17) is 5.26 Å². The highest BCUT2D eigenvalue weighted by molar-refractivity contribution is 7.92. The lowest BCUT2D eigenvalue weighted by molar-refractivity contribution is -0.114. The van der Waals surface area contributed by atoms with E-state index in [-0.39, 0.29) is 12.5 Å². The summed E-state index contributed by atoms with van der Waals surface area (Å²) in [5.41, 5.74) is 2.33. The van der Waals surface area contributed by atoms with Crippen molar-refractivity contribution in [3.05, 3.63) is 59.7 Å². The minimum atomic E-state index is -3.64. The molecule has 7 heteroatoms. The molecule has 0 radical (unpaired) electrons. The number of para-hydroxylation sites is 1. The standard InChI is InChI=1S/C19H21N3O3S/c1-14(2)17-6-4-5-7-18(17)22(26(3,24)25)13-19(23)21-16-10-8-15(12-20)9-11-16/h4-11,14H,13H2,1-3H3,(H,21,23). The highest BCUT2D eigenvalue weighted by Gasteiger charge is 2.23. The Morgan fingerprint density at radius 1 is 1.15 bits per heavy atom. The van der Waals surface area contributed by atoms with Gasteiger partial charge in [0.15, 0.2) is 0 Å². The van der Waals surface area contributed by atoms with Crippen LogP contribution in [0, 0.1) is 11.3 Å². The lowest BCUT2D eigenvalue weighted by Gasteiger charge is -2.25. The van der Waals surface area contributed by atoms with E-state index in [1.165, 1.54) is 0 Å². The van der Waals surface area contributed by atoms with Crippen molar-refractivity contribution in [2.24, 2.45) is 0 Å². The highest BCUT2D eigenvalue weighted by atomic mass is 32.2. The Morgan fingerprint density at radius 3 is 2.31 bits per heavy atom. The molecule has 0 atom stereocenters. The predicted molar refractivity (Wildman–Crippen MR) is 103 cm³/mol. The van der Waals surface area contributed by atoms with Gasteiger partial charge in [-0.3, -0.25) is 9.10 Å². The molecule has 0 saturated carbocycles. The molecule has 0 fully saturated rings. The molecule has 2 aromatic rings. The number of sulfonamides is 1. The number of carbonyl (C=O) groups excluding carboxylic acids is 1. The van der Waals surface area contributed by atoms with Gasteiger partial charge in [-0.2, -0.15) is 5.26 Å². The molecule has 2 rings (SSSR count). The molecule has 136 valence electrons. The highest BCUT2D eigenvalue weighted by Crippen LogP contribution is 2.28. The van der Waals surface area contributed by atoms with Crippen molar-refractivity contribution >= 4 is 27.3 Å². The van der Waals surface area contributed by atoms with Crippen LogP contribution in [0.4, 0.5) is 11.4 Å². The molecule has 1 N–H and O–H groups in total. The maximum atomic E-state index is 12.4. The normalized spacial score (nSPS) is 11.0. The molecule has 0 aliphatic carbocycles. The summed E-state index contributed by atoms with van der Waals surface area (Å²) in [5.74, 6) is -0.351. The number of nitrogens with one attached hydrogen (secondary N) is 1. The van der Waals surface area contributed by atoms with Crippen molar-refractivity contribution in [2.75, 3.05) is 22.4 Å². The van der Waals surface area contributed by atoms with E-state index in [9.17, 15) is 13.2 Å². The number of nitrogens with zero attached hydrogens (tertiary/aromatic N) is 2. The van der Waals surface area contributed by atoms with Gasteiger partial charge in [-0.05, 0) is 41.8 Å². The molecule has 0 unspecified atom stereocenters. The van der Waals surface area contributed by atoms with Gasteiger partial charge < -0.3 is 5.32 Å². The molecular weight excluding hydrogens is 350 g/mol. The smallest absolute Gasteiger partial charge is 0.245 e. The van der Waals surface area contributed by atoms with Crippen LogP contribution >= 0.6 is 0 Å². The van der Waals surface area contributed by atoms with E-state index in [2.05, 4.69) is 5.32 Å². The summed E-state index contributed by atoms with van der Waals surface area (Å²) >= 11 is 0. The number of benzene rings is 2. The van der Waals surface area contributed by atoms with Crippen molar-refractivity contribution < 1.29 is 13.2 Å². The number of nitriles is 1. The third kappa shape index (κ3) is 4.83. The van der Waals surface area contributed by atoms with Gasteiger partial charge in [-0.15, -0.1) is 0 Å². The Bertz CT molecular complexity index is 929. The summed E-state index contributed by atoms with van der Waals surface area (Å²) in [5, 5.41) is 11.5. The van der Waals surface area contributed by atoms with Gasteiger partial charge in [0.25, 0.3) is 0 Å². The quantitative estimate of drug-likeness (QED) is 0.845. The van der Waals surface area contributed by atoms with Gasteiger partial charge in [0.2, 0.25) is 15.9 Å². The molecule has 0 aliphatic heterocycles. The fraction of sp³-hybridized carbons (Fsp3) is 0.263. The van der Waals surface area contributed by atoms with E-state index in [0.717, 1.165) is 16.1 Å². The zero-order valence-corrected chi connectivity index (χ0v) is 15.7. The zero-order valence-electron chi connectivity index (χ0n) is 14.9. The number of rotatable bonds is 6. The van der Waals surface area contributed by atoms with Gasteiger partial charge in [-0.25, -0.2) is 8.42 Å². The predicted octanol–water partition coefficient (Wildman–Crippen LogP) is 3.09. The van der Waals surface area contributed by atoms with Gasteiger partial charge in [0.1, 0.15) is 6.54 Å². The van der Waals surface area contributed by atoms with Crippen LogP contribution in [-0.2, 0) is 14.8 Å². The van der Waals surface area contributed by atoms with Gasteiger partial charge >= 0.3 is 0 Å². The summed E-state index contributed by atoms with van der Waals surface area (Å²) in [6, 6.07) is 15.5. The van der Waals surface area contributed by atoms with Gasteiger partial charge in [0, 0.05) is 5.69 Å². The lowest BCUT2D eigenvalue weighted by Crippen LogP contribution is -2.38. The minimum Gasteiger partial charge on any atom is -0.325 e. The molecular formula is C19H21N3O3S. The maximum absolute atomic E-state index is 12.4. The molecule has 26 heavy (non-hydrogen) atoms. The number of carbonyl (C=O) groups is 1. The van der Waals surface area contributed by atoms with Crippen molar-refractivity contribution in [3.63, 3.8) is 0 Å². The number of hydrogen-bond acceptors (Lipinski definition) is 4. The maximum Gasteiger partial charge on any atom is 0.245 e. The van der Waals surface area contributed by atoms with Crippen molar-refractivity contribution in [1.82, 2.24) is 0 Å². The summed E-state index contributed by atoms with van der Waals surface area (Å²) < 4.78 is 25.7. The molecule has 6 nitrogen and oxygen atoms in total. The summed E-state index contributed by atoms with van der Waals surface area (Å²) in [6.45, 7) is 3.61. The summed E-state index contributed by atoms with van der Waals surface area (Å²) in [4.78, 5) is 12.4. The number of anilines is 2. The largest absolute Gasteiger partial charge is 0.325 e. The van der Waals surface area contributed by atoms with Crippen LogP contribution in [-0.4, -0.2) is 27.1 Å². The van der Waals surface area contributed by atoms with Crippen molar-refractivity contribution in [3.8, 4) is 6.07 Å². The third-order valence-corrected chi connectivity index (χ3v) is 4.94. The summed E-state index contributed by atoms with van der Waals surface area (Å²) in [7, 11) is -3.64. The molecule has 0 bridgehead atoms. The Kier molecular flexibility index (Phi) is 6.01. The minimum absolute atomic E-state index is 0.108. The number of hydrogen-bond donors (Lipinski definition) is 1. The van der Waals surface area contributed by atoms with Crippen LogP contribution in [0.3, 0.4) is 0 Å². The number of amides is 1. The first-order valence-corrected chi connectivity index (χ1v) is 9.94. The second kappa shape index (κ2) is 8.02. The molecule has 0 heterocycles. The van der Waals surface area contributed by atoms with Crippen LogP contribution in [0.5, 0.6) is 0 Å². The van der Waals surface area contributed by atoms with Crippen LogP contribution in [0.1, 0.15) is 30.9 Å². The molecule has 0 aromatic heterocycles. The Labute approximate surface area is 154 Å². The van der Waals surface area contributed by atoms with Gasteiger partial charge in [-0.1, -0.05) is 32.0 Å². The average Bonchev–Trinajstić information content (AvgIpc) is 2.59. The van der Waals surface area contributed by atoms with E-state index in [1.54, 1.807) is 36.4 Å². The Hall–Kier alpha value is -2.85. The fourth-order valence-corrected chi connectivity index (χ4v) is 3.42. The van der Waals surface area contributed by atoms with Crippen LogP contribution in [0.25, 0.3) is 0 Å². The third-order valence-electron chi connectivity index (χ3n) is 3.81. The van der Waals surface area contributed by atoms with Crippen LogP contribution in [0.2, 0.25) is 0 Å². The molecule has 0 aliphatic rings. The summed E-state index contributed by atoms with van der Waals surface area (Å²) in [6.07, 6.45) is 1.08. The topological polar surface area (TPSA) is 90.3 Å². The first-order chi connectivity index (χ1) is 12.2. The second-order valence-electron chi connectivity index (χ2n) is 6.22. The Balaban J connectivity index is 2.26. The van der Waals surface area contributed by atoms with Crippen molar-refractivity contribution in [1.29, 1.82) is 5.26 Å². The first kappa shape index (κ1) is 19.5. The van der Waals surface area contributed by atoms with Crippen molar-refractivity contribution in [2.45, 2.75) is 19.8 Å². The first-order valence-electron chi connectivity index (χ1n) is 8.09. The van der Waals surface area contributed by atoms with E-state index < -0.39 is 15.9 Å². The van der Waals surface area contributed by atoms with Gasteiger partial charge in [0.05, 0.1) is 23.6 Å².